The molecule has 2 N–H and O–H groups in total. The Morgan fingerprint density at radius 2 is 2.07 bits per heavy atom. The molecule has 0 saturated carbocycles. The van der Waals surface area contributed by atoms with Crippen LogP contribution in [0.4, 0.5) is 0 Å². The molecule has 0 rings (SSSR count). The molecule has 0 saturated heterocycles. The maximum atomic E-state index is 5.66. The summed E-state index contributed by atoms with van der Waals surface area (Å²) in [6.07, 6.45) is 8.83. The second-order valence-electron chi connectivity index (χ2n) is 3.78. The predicted octanol–water partition coefficient (Wildman–Crippen LogP) is 1.71. The van der Waals surface area contributed by atoms with Gasteiger partial charge in [-0.25, -0.2) is 0 Å². The van der Waals surface area contributed by atoms with Crippen LogP contribution in [-0.4, -0.2) is 31.1 Å². The van der Waals surface area contributed by atoms with Crippen LogP contribution in [0.25, 0.3) is 0 Å². The summed E-state index contributed by atoms with van der Waals surface area (Å²) < 4.78 is 0. The van der Waals surface area contributed by atoms with Gasteiger partial charge in [-0.2, -0.15) is 0 Å². The van der Waals surface area contributed by atoms with Crippen molar-refractivity contribution in [2.24, 2.45) is 11.7 Å². The minimum atomic E-state index is 0.659. The Bertz CT molecular complexity index is 156. The van der Waals surface area contributed by atoms with Gasteiger partial charge in [-0.05, 0) is 38.4 Å². The van der Waals surface area contributed by atoms with Crippen molar-refractivity contribution in [3.63, 3.8) is 0 Å². The lowest BCUT2D eigenvalue weighted by Gasteiger charge is -2.21. The molecule has 0 spiro atoms. The average Bonchev–Trinajstić information content (AvgIpc) is 2.20. The molecule has 0 bridgehead atoms. The van der Waals surface area contributed by atoms with E-state index < -0.39 is 0 Å². The predicted molar refractivity (Wildman–Crippen MR) is 63.0 cm³/mol. The van der Waals surface area contributed by atoms with Crippen LogP contribution in [0, 0.1) is 18.3 Å². The lowest BCUT2D eigenvalue weighted by Crippen LogP contribution is -2.28. The lowest BCUT2D eigenvalue weighted by atomic mass is 10.0. The van der Waals surface area contributed by atoms with Crippen LogP contribution in [0.1, 0.15) is 33.1 Å². The number of hydrogen-bond acceptors (Lipinski definition) is 2. The maximum absolute atomic E-state index is 5.66. The van der Waals surface area contributed by atoms with Crippen LogP contribution in [0.5, 0.6) is 0 Å². The van der Waals surface area contributed by atoms with Crippen molar-refractivity contribution < 1.29 is 0 Å². The molecule has 2 nitrogen and oxygen atoms in total. The third-order valence-corrected chi connectivity index (χ3v) is 2.62. The quantitative estimate of drug-likeness (QED) is 0.599. The monoisotopic (exact) mass is 196 g/mol. The van der Waals surface area contributed by atoms with Gasteiger partial charge in [-0.1, -0.05) is 26.2 Å². The van der Waals surface area contributed by atoms with Crippen molar-refractivity contribution in [2.45, 2.75) is 33.1 Å². The van der Waals surface area contributed by atoms with E-state index in [4.69, 9.17) is 12.2 Å². The molecule has 0 aromatic rings. The fraction of sp³-hybridized carbons (Fsp3) is 0.833. The number of hydrogen-bond donors (Lipinski definition) is 1. The van der Waals surface area contributed by atoms with Gasteiger partial charge in [-0.3, -0.25) is 4.90 Å². The number of rotatable bonds is 8. The Morgan fingerprint density at radius 3 is 2.50 bits per heavy atom. The first-order valence-corrected chi connectivity index (χ1v) is 5.64. The Kier molecular flexibility index (Phi) is 8.72. The number of terminal acetylenes is 1. The molecule has 0 aromatic heterocycles. The molecule has 0 aromatic carbocycles. The standard InChI is InChI=1S/C12H24N2/c1-4-8-14(9-5-2)10-7-12(6-3)11-13/h1,12H,5-11,13H2,2-3H3. The lowest BCUT2D eigenvalue weighted by molar-refractivity contribution is 0.277. The summed E-state index contributed by atoms with van der Waals surface area (Å²) in [7, 11) is 0. The summed E-state index contributed by atoms with van der Waals surface area (Å²) in [6.45, 7) is 8.15. The first kappa shape index (κ1) is 13.5. The molecule has 0 amide bonds. The van der Waals surface area contributed by atoms with Crippen molar-refractivity contribution in [3.05, 3.63) is 0 Å². The van der Waals surface area contributed by atoms with E-state index in [0.29, 0.717) is 5.92 Å². The van der Waals surface area contributed by atoms with E-state index in [0.717, 1.165) is 26.2 Å². The molecule has 2 heteroatoms. The fourth-order valence-electron chi connectivity index (χ4n) is 1.57. The Morgan fingerprint density at radius 1 is 1.36 bits per heavy atom. The zero-order chi connectivity index (χ0) is 10.8. The molecule has 0 aliphatic rings. The molecular formula is C12H24N2. The smallest absolute Gasteiger partial charge is 0.0598 e. The van der Waals surface area contributed by atoms with Gasteiger partial charge in [0.2, 0.25) is 0 Å². The van der Waals surface area contributed by atoms with Crippen molar-refractivity contribution in [2.75, 3.05) is 26.2 Å². The number of nitrogens with two attached hydrogens (primary N) is 1. The molecule has 0 heterocycles. The van der Waals surface area contributed by atoms with Gasteiger partial charge in [0, 0.05) is 0 Å². The van der Waals surface area contributed by atoms with Crippen LogP contribution in [-0.2, 0) is 0 Å². The molecular weight excluding hydrogens is 172 g/mol. The van der Waals surface area contributed by atoms with Crippen LogP contribution < -0.4 is 5.73 Å². The average molecular weight is 196 g/mol. The fourth-order valence-corrected chi connectivity index (χ4v) is 1.57. The first-order valence-electron chi connectivity index (χ1n) is 5.64. The molecule has 0 aliphatic carbocycles. The van der Waals surface area contributed by atoms with E-state index in [1.54, 1.807) is 0 Å². The van der Waals surface area contributed by atoms with E-state index in [1.165, 1.54) is 19.3 Å². The molecule has 0 fully saturated rings. The van der Waals surface area contributed by atoms with Gasteiger partial charge in [0.05, 0.1) is 6.54 Å². The molecule has 82 valence electrons. The van der Waals surface area contributed by atoms with Crippen LogP contribution in [0.3, 0.4) is 0 Å². The van der Waals surface area contributed by atoms with E-state index in [1.807, 2.05) is 0 Å². The van der Waals surface area contributed by atoms with E-state index in [-0.39, 0.29) is 0 Å². The van der Waals surface area contributed by atoms with Crippen molar-refractivity contribution in [3.8, 4) is 12.3 Å². The third kappa shape index (κ3) is 6.01. The molecule has 0 aliphatic heterocycles. The highest BCUT2D eigenvalue weighted by atomic mass is 15.1. The summed E-state index contributed by atoms with van der Waals surface area (Å²) in [4.78, 5) is 2.33. The van der Waals surface area contributed by atoms with E-state index in [2.05, 4.69) is 24.7 Å². The normalized spacial score (nSPS) is 12.8. The molecule has 1 unspecified atom stereocenters. The van der Waals surface area contributed by atoms with Crippen molar-refractivity contribution >= 4 is 0 Å². The van der Waals surface area contributed by atoms with Gasteiger partial charge < -0.3 is 5.73 Å². The zero-order valence-electron chi connectivity index (χ0n) is 9.63. The molecule has 14 heavy (non-hydrogen) atoms. The summed E-state index contributed by atoms with van der Waals surface area (Å²) in [5.74, 6) is 3.37. The minimum Gasteiger partial charge on any atom is -0.330 e. The Balaban J connectivity index is 3.74. The summed E-state index contributed by atoms with van der Waals surface area (Å²) in [6, 6.07) is 0. The highest BCUT2D eigenvalue weighted by molar-refractivity contribution is 4.88. The first-order chi connectivity index (χ1) is 6.78. The van der Waals surface area contributed by atoms with E-state index in [9.17, 15) is 0 Å². The Labute approximate surface area is 88.9 Å². The van der Waals surface area contributed by atoms with Gasteiger partial charge in [0.15, 0.2) is 0 Å². The van der Waals surface area contributed by atoms with Gasteiger partial charge in [0.1, 0.15) is 0 Å². The van der Waals surface area contributed by atoms with Crippen molar-refractivity contribution in [1.82, 2.24) is 4.90 Å². The zero-order valence-corrected chi connectivity index (χ0v) is 9.63. The van der Waals surface area contributed by atoms with Gasteiger partial charge in [-0.15, -0.1) is 6.42 Å². The van der Waals surface area contributed by atoms with Crippen LogP contribution in [0.15, 0.2) is 0 Å². The molecule has 1 atom stereocenters. The summed E-state index contributed by atoms with van der Waals surface area (Å²) in [5, 5.41) is 0. The van der Waals surface area contributed by atoms with Gasteiger partial charge >= 0.3 is 0 Å². The minimum absolute atomic E-state index is 0.659. The second-order valence-corrected chi connectivity index (χ2v) is 3.78. The van der Waals surface area contributed by atoms with Crippen LogP contribution >= 0.6 is 0 Å². The van der Waals surface area contributed by atoms with E-state index >= 15 is 0 Å². The summed E-state index contributed by atoms with van der Waals surface area (Å²) >= 11 is 0. The SMILES string of the molecule is C#CCN(CCC)CCC(CC)CN. The topological polar surface area (TPSA) is 29.3 Å². The van der Waals surface area contributed by atoms with Gasteiger partial charge in [0.25, 0.3) is 0 Å². The Hall–Kier alpha value is -0.520. The number of nitrogens with zero attached hydrogens (tertiary/aromatic N) is 1. The molecule has 0 radical (unpaired) electrons. The van der Waals surface area contributed by atoms with Crippen molar-refractivity contribution in [1.29, 1.82) is 0 Å². The largest absolute Gasteiger partial charge is 0.330 e. The maximum Gasteiger partial charge on any atom is 0.0598 e. The third-order valence-electron chi connectivity index (χ3n) is 2.62. The highest BCUT2D eigenvalue weighted by Crippen LogP contribution is 2.07. The highest BCUT2D eigenvalue weighted by Gasteiger charge is 2.07. The second kappa shape index (κ2) is 9.05. The van der Waals surface area contributed by atoms with Crippen LogP contribution in [0.2, 0.25) is 0 Å². The summed E-state index contributed by atoms with van der Waals surface area (Å²) in [5.41, 5.74) is 5.66.